The number of carbonyl (C=O) groups excluding carboxylic acids is 2. The molecule has 0 aliphatic carbocycles. The van der Waals surface area contributed by atoms with Crippen molar-refractivity contribution in [1.29, 1.82) is 0 Å². The van der Waals surface area contributed by atoms with E-state index in [-0.39, 0.29) is 17.7 Å². The summed E-state index contributed by atoms with van der Waals surface area (Å²) < 4.78 is 5.07. The first kappa shape index (κ1) is 16.5. The van der Waals surface area contributed by atoms with E-state index in [9.17, 15) is 9.59 Å². The van der Waals surface area contributed by atoms with Gasteiger partial charge in [0.1, 0.15) is 0 Å². The third-order valence-electron chi connectivity index (χ3n) is 3.84. The average molecular weight is 348 g/mol. The molecular formula is C17H18ClN3O3. The van der Waals surface area contributed by atoms with Crippen molar-refractivity contribution < 1.29 is 14.0 Å². The lowest BCUT2D eigenvalue weighted by molar-refractivity contribution is -0.116. The molecule has 2 amide bonds. The van der Waals surface area contributed by atoms with E-state index in [1.54, 1.807) is 30.3 Å². The summed E-state index contributed by atoms with van der Waals surface area (Å²) in [5.41, 5.74) is 0.930. The molecule has 7 heteroatoms. The number of amides is 2. The topological polar surface area (TPSA) is 83.4 Å². The standard InChI is InChI=1S/C17H18ClN3O3/c18-11-5-6-13(20-16(22)10-12-3-1-7-19-12)14(9-11)21-17(23)15-4-2-8-24-15/h2,4-6,8-9,12,19H,1,3,7,10H2,(H,20,22)(H,21,23). The summed E-state index contributed by atoms with van der Waals surface area (Å²) in [6.45, 7) is 0.948. The molecule has 1 aliphatic heterocycles. The zero-order valence-corrected chi connectivity index (χ0v) is 13.7. The van der Waals surface area contributed by atoms with Crippen molar-refractivity contribution in [3.05, 3.63) is 47.4 Å². The first-order chi connectivity index (χ1) is 11.6. The van der Waals surface area contributed by atoms with E-state index in [2.05, 4.69) is 16.0 Å². The van der Waals surface area contributed by atoms with Crippen LogP contribution in [0.1, 0.15) is 29.8 Å². The zero-order chi connectivity index (χ0) is 16.9. The highest BCUT2D eigenvalue weighted by Gasteiger charge is 2.19. The molecule has 1 aromatic carbocycles. The number of rotatable bonds is 5. The molecule has 0 bridgehead atoms. The van der Waals surface area contributed by atoms with Crippen LogP contribution in [0.2, 0.25) is 5.02 Å². The van der Waals surface area contributed by atoms with E-state index in [0.717, 1.165) is 19.4 Å². The van der Waals surface area contributed by atoms with Gasteiger partial charge in [0.2, 0.25) is 5.91 Å². The van der Waals surface area contributed by atoms with Gasteiger partial charge in [-0.05, 0) is 49.7 Å². The van der Waals surface area contributed by atoms with Crippen LogP contribution in [-0.2, 0) is 4.79 Å². The van der Waals surface area contributed by atoms with Crippen LogP contribution in [0.15, 0.2) is 41.0 Å². The van der Waals surface area contributed by atoms with E-state index >= 15 is 0 Å². The Kier molecular flexibility index (Phi) is 5.17. The molecule has 126 valence electrons. The van der Waals surface area contributed by atoms with Gasteiger partial charge in [-0.2, -0.15) is 0 Å². The van der Waals surface area contributed by atoms with Gasteiger partial charge in [0, 0.05) is 17.5 Å². The molecule has 3 rings (SSSR count). The molecule has 1 atom stereocenters. The van der Waals surface area contributed by atoms with Crippen LogP contribution < -0.4 is 16.0 Å². The predicted molar refractivity (Wildman–Crippen MR) is 92.4 cm³/mol. The van der Waals surface area contributed by atoms with Gasteiger partial charge in [-0.25, -0.2) is 0 Å². The van der Waals surface area contributed by atoms with Crippen molar-refractivity contribution in [2.24, 2.45) is 0 Å². The van der Waals surface area contributed by atoms with E-state index in [0.29, 0.717) is 22.8 Å². The number of carbonyl (C=O) groups is 2. The summed E-state index contributed by atoms with van der Waals surface area (Å²) in [7, 11) is 0. The van der Waals surface area contributed by atoms with E-state index in [1.807, 2.05) is 0 Å². The quantitative estimate of drug-likeness (QED) is 0.775. The minimum atomic E-state index is -0.407. The van der Waals surface area contributed by atoms with Crippen LogP contribution in [0.5, 0.6) is 0 Å². The molecule has 1 aliphatic rings. The number of anilines is 2. The molecule has 1 saturated heterocycles. The highest BCUT2D eigenvalue weighted by molar-refractivity contribution is 6.31. The molecule has 1 fully saturated rings. The van der Waals surface area contributed by atoms with Crippen LogP contribution in [0.4, 0.5) is 11.4 Å². The second kappa shape index (κ2) is 7.51. The summed E-state index contributed by atoms with van der Waals surface area (Å²) in [6.07, 6.45) is 3.90. The first-order valence-electron chi connectivity index (χ1n) is 7.79. The first-order valence-corrected chi connectivity index (χ1v) is 8.17. The minimum Gasteiger partial charge on any atom is -0.459 e. The normalized spacial score (nSPS) is 16.8. The van der Waals surface area contributed by atoms with E-state index in [1.165, 1.54) is 6.26 Å². The molecule has 6 nitrogen and oxygen atoms in total. The van der Waals surface area contributed by atoms with Crippen molar-refractivity contribution in [3.8, 4) is 0 Å². The molecule has 24 heavy (non-hydrogen) atoms. The van der Waals surface area contributed by atoms with Crippen LogP contribution in [-0.4, -0.2) is 24.4 Å². The summed E-state index contributed by atoms with van der Waals surface area (Å²) in [5, 5.41) is 9.28. The Balaban J connectivity index is 1.70. The maximum atomic E-state index is 12.2. The monoisotopic (exact) mass is 347 g/mol. The number of hydrogen-bond donors (Lipinski definition) is 3. The fraction of sp³-hybridized carbons (Fsp3) is 0.294. The molecule has 3 N–H and O–H groups in total. The van der Waals surface area contributed by atoms with Gasteiger partial charge in [-0.1, -0.05) is 11.6 Å². The minimum absolute atomic E-state index is 0.106. The Morgan fingerprint density at radius 2 is 2.12 bits per heavy atom. The summed E-state index contributed by atoms with van der Waals surface area (Å²) in [4.78, 5) is 24.3. The molecule has 0 spiro atoms. The van der Waals surface area contributed by atoms with Gasteiger partial charge in [-0.3, -0.25) is 9.59 Å². The Morgan fingerprint density at radius 3 is 2.83 bits per heavy atom. The molecule has 2 aromatic rings. The fourth-order valence-corrected chi connectivity index (χ4v) is 2.85. The third kappa shape index (κ3) is 4.15. The Labute approximate surface area is 144 Å². The molecule has 1 unspecified atom stereocenters. The van der Waals surface area contributed by atoms with Crippen molar-refractivity contribution in [2.75, 3.05) is 17.2 Å². The molecule has 0 saturated carbocycles. The molecule has 1 aromatic heterocycles. The second-order valence-corrected chi connectivity index (χ2v) is 6.10. The number of halogens is 1. The second-order valence-electron chi connectivity index (χ2n) is 5.67. The number of benzene rings is 1. The molecule has 2 heterocycles. The highest BCUT2D eigenvalue weighted by atomic mass is 35.5. The van der Waals surface area contributed by atoms with Gasteiger partial charge in [0.15, 0.2) is 5.76 Å². The van der Waals surface area contributed by atoms with Crippen molar-refractivity contribution in [3.63, 3.8) is 0 Å². The van der Waals surface area contributed by atoms with Gasteiger partial charge in [0.05, 0.1) is 17.6 Å². The van der Waals surface area contributed by atoms with Crippen molar-refractivity contribution >= 4 is 34.8 Å². The average Bonchev–Trinajstić information content (AvgIpc) is 3.23. The lowest BCUT2D eigenvalue weighted by Gasteiger charge is -2.14. The van der Waals surface area contributed by atoms with Gasteiger partial charge < -0.3 is 20.4 Å². The Morgan fingerprint density at radius 1 is 1.25 bits per heavy atom. The number of furan rings is 1. The lowest BCUT2D eigenvalue weighted by atomic mass is 10.1. The maximum Gasteiger partial charge on any atom is 0.291 e. The lowest BCUT2D eigenvalue weighted by Crippen LogP contribution is -2.27. The van der Waals surface area contributed by atoms with E-state index < -0.39 is 5.91 Å². The van der Waals surface area contributed by atoms with Crippen LogP contribution in [0.3, 0.4) is 0 Å². The number of nitrogens with one attached hydrogen (secondary N) is 3. The smallest absolute Gasteiger partial charge is 0.291 e. The van der Waals surface area contributed by atoms with Crippen LogP contribution in [0, 0.1) is 0 Å². The number of hydrogen-bond acceptors (Lipinski definition) is 4. The Hall–Kier alpha value is -2.31. The highest BCUT2D eigenvalue weighted by Crippen LogP contribution is 2.27. The van der Waals surface area contributed by atoms with E-state index in [4.69, 9.17) is 16.0 Å². The SMILES string of the molecule is O=C(CC1CCCN1)Nc1ccc(Cl)cc1NC(=O)c1ccco1. The van der Waals surface area contributed by atoms with Gasteiger partial charge in [0.25, 0.3) is 5.91 Å². The predicted octanol–water partition coefficient (Wildman–Crippen LogP) is 3.27. The molecular weight excluding hydrogens is 330 g/mol. The van der Waals surface area contributed by atoms with Crippen molar-refractivity contribution in [1.82, 2.24) is 5.32 Å². The maximum absolute atomic E-state index is 12.2. The Bertz CT molecular complexity index is 725. The van der Waals surface area contributed by atoms with Gasteiger partial charge in [-0.15, -0.1) is 0 Å². The van der Waals surface area contributed by atoms with Crippen LogP contribution in [0.25, 0.3) is 0 Å². The third-order valence-corrected chi connectivity index (χ3v) is 4.08. The largest absolute Gasteiger partial charge is 0.459 e. The van der Waals surface area contributed by atoms with Crippen molar-refractivity contribution in [2.45, 2.75) is 25.3 Å². The summed E-state index contributed by atoms with van der Waals surface area (Å²) >= 11 is 6.00. The fourth-order valence-electron chi connectivity index (χ4n) is 2.68. The van der Waals surface area contributed by atoms with Gasteiger partial charge >= 0.3 is 0 Å². The molecule has 0 radical (unpaired) electrons. The van der Waals surface area contributed by atoms with Crippen LogP contribution >= 0.6 is 11.6 Å². The summed E-state index contributed by atoms with van der Waals surface area (Å²) in [6, 6.07) is 8.31. The zero-order valence-electron chi connectivity index (χ0n) is 13.0. The summed E-state index contributed by atoms with van der Waals surface area (Å²) in [5.74, 6) is -0.331.